The van der Waals surface area contributed by atoms with Gasteiger partial charge in [0.1, 0.15) is 23.7 Å². The predicted octanol–water partition coefficient (Wildman–Crippen LogP) is 3.57. The van der Waals surface area contributed by atoms with E-state index < -0.39 is 18.0 Å². The van der Waals surface area contributed by atoms with Crippen molar-refractivity contribution in [3.8, 4) is 0 Å². The van der Waals surface area contributed by atoms with Gasteiger partial charge in [-0.15, -0.1) is 0 Å². The number of carbonyl (C=O) groups excluding carboxylic acids is 2. The minimum atomic E-state index is -0.575. The molecule has 2 aliphatic rings. The molecular weight excluding hydrogens is 360 g/mol. The van der Waals surface area contributed by atoms with Crippen molar-refractivity contribution in [2.75, 3.05) is 0 Å². The van der Waals surface area contributed by atoms with E-state index in [2.05, 4.69) is 6.58 Å². The molecule has 1 saturated heterocycles. The van der Waals surface area contributed by atoms with Crippen LogP contribution in [0.5, 0.6) is 0 Å². The summed E-state index contributed by atoms with van der Waals surface area (Å²) in [5.74, 6) is 0.102. The SMILES string of the molecule is C=C(C)[C@@H]1Cc2oc(cc2CO)/C=C(\C)C[C@@H]2CC(C(=O)O2)[C@@H](OC(C)=O)C1. The number of rotatable bonds is 3. The second-order valence-electron chi connectivity index (χ2n) is 7.98. The molecule has 0 aromatic carbocycles. The number of allylic oxidation sites excluding steroid dienone is 1. The molecule has 3 heterocycles. The highest BCUT2D eigenvalue weighted by molar-refractivity contribution is 5.76. The van der Waals surface area contributed by atoms with Gasteiger partial charge in [0, 0.05) is 31.7 Å². The Bertz CT molecular complexity index is 802. The molecule has 4 atom stereocenters. The highest BCUT2D eigenvalue weighted by atomic mass is 16.6. The molecule has 3 rings (SSSR count). The lowest BCUT2D eigenvalue weighted by Gasteiger charge is -2.26. The summed E-state index contributed by atoms with van der Waals surface area (Å²) in [4.78, 5) is 24.2. The first kappa shape index (κ1) is 20.4. The van der Waals surface area contributed by atoms with E-state index in [1.165, 1.54) is 6.92 Å². The van der Waals surface area contributed by atoms with Crippen molar-refractivity contribution >= 4 is 18.0 Å². The Hall–Kier alpha value is -2.34. The van der Waals surface area contributed by atoms with E-state index in [9.17, 15) is 14.7 Å². The number of hydrogen-bond donors (Lipinski definition) is 1. The highest BCUT2D eigenvalue weighted by Gasteiger charge is 2.42. The Labute approximate surface area is 165 Å². The van der Waals surface area contributed by atoms with E-state index in [0.29, 0.717) is 37.2 Å². The van der Waals surface area contributed by atoms with Crippen LogP contribution in [0, 0.1) is 11.8 Å². The van der Waals surface area contributed by atoms with Crippen LogP contribution < -0.4 is 0 Å². The van der Waals surface area contributed by atoms with Crippen LogP contribution in [-0.4, -0.2) is 29.3 Å². The lowest BCUT2D eigenvalue weighted by atomic mass is 9.84. The van der Waals surface area contributed by atoms with E-state index in [0.717, 1.165) is 16.7 Å². The van der Waals surface area contributed by atoms with Crippen molar-refractivity contribution in [1.29, 1.82) is 0 Å². The number of aliphatic hydroxyl groups is 1. The lowest BCUT2D eigenvalue weighted by Crippen LogP contribution is -2.32. The van der Waals surface area contributed by atoms with Gasteiger partial charge < -0.3 is 19.0 Å². The fourth-order valence-electron chi connectivity index (χ4n) is 4.11. The molecule has 1 N–H and O–H groups in total. The summed E-state index contributed by atoms with van der Waals surface area (Å²) in [6, 6.07) is 1.84. The summed E-state index contributed by atoms with van der Waals surface area (Å²) < 4.78 is 17.1. The molecule has 0 spiro atoms. The van der Waals surface area contributed by atoms with E-state index in [-0.39, 0.29) is 24.6 Å². The first-order valence-electron chi connectivity index (χ1n) is 9.69. The lowest BCUT2D eigenvalue weighted by molar-refractivity contribution is -0.156. The Kier molecular flexibility index (Phi) is 6.08. The summed E-state index contributed by atoms with van der Waals surface area (Å²) in [6.45, 7) is 9.19. The van der Waals surface area contributed by atoms with E-state index in [4.69, 9.17) is 13.9 Å². The molecule has 152 valence electrons. The van der Waals surface area contributed by atoms with Gasteiger partial charge in [0.05, 0.1) is 12.5 Å². The van der Waals surface area contributed by atoms with Crippen molar-refractivity contribution in [2.45, 2.75) is 65.3 Å². The van der Waals surface area contributed by atoms with Crippen LogP contribution in [0.2, 0.25) is 0 Å². The summed E-state index contributed by atoms with van der Waals surface area (Å²) in [5.41, 5.74) is 2.66. The van der Waals surface area contributed by atoms with Crippen LogP contribution in [0.3, 0.4) is 0 Å². The zero-order valence-corrected chi connectivity index (χ0v) is 16.7. The smallest absolute Gasteiger partial charge is 0.313 e. The average Bonchev–Trinajstić information content (AvgIpc) is 3.15. The van der Waals surface area contributed by atoms with E-state index >= 15 is 0 Å². The number of esters is 2. The van der Waals surface area contributed by atoms with Crippen LogP contribution in [0.1, 0.15) is 57.1 Å². The summed E-state index contributed by atoms with van der Waals surface area (Å²) in [5, 5.41) is 9.72. The number of carbonyl (C=O) groups is 2. The number of aliphatic hydroxyl groups excluding tert-OH is 1. The number of fused-ring (bicyclic) bond motifs is 4. The predicted molar refractivity (Wildman–Crippen MR) is 103 cm³/mol. The van der Waals surface area contributed by atoms with Crippen molar-refractivity contribution in [3.05, 3.63) is 40.9 Å². The Morgan fingerprint density at radius 3 is 2.71 bits per heavy atom. The molecule has 6 heteroatoms. The second-order valence-corrected chi connectivity index (χ2v) is 7.98. The number of ether oxygens (including phenoxy) is 2. The maximum absolute atomic E-state index is 12.5. The zero-order valence-electron chi connectivity index (χ0n) is 16.7. The van der Waals surface area contributed by atoms with Gasteiger partial charge in [-0.3, -0.25) is 9.59 Å². The Morgan fingerprint density at radius 1 is 1.32 bits per heavy atom. The quantitative estimate of drug-likeness (QED) is 0.629. The van der Waals surface area contributed by atoms with Gasteiger partial charge in [-0.2, -0.15) is 0 Å². The van der Waals surface area contributed by atoms with Gasteiger partial charge in [0.25, 0.3) is 0 Å². The molecule has 1 aromatic heterocycles. The molecule has 28 heavy (non-hydrogen) atoms. The number of hydrogen-bond acceptors (Lipinski definition) is 6. The summed E-state index contributed by atoms with van der Waals surface area (Å²) >= 11 is 0. The standard InChI is InChI=1S/C22H28O6/c1-12(2)15-8-20-16(11-23)7-17(27-20)5-13(3)6-18-10-19(22(25)28-18)21(9-15)26-14(4)24/h5,7,15,18-19,21,23H,1,6,8-11H2,2-4H3/b13-5+/t15-,18-,19?,21+/m1/s1. The molecule has 2 aliphatic heterocycles. The van der Waals surface area contributed by atoms with Crippen molar-refractivity contribution in [1.82, 2.24) is 0 Å². The van der Waals surface area contributed by atoms with Crippen LogP contribution in [-0.2, 0) is 32.1 Å². The third-order valence-corrected chi connectivity index (χ3v) is 5.54. The summed E-state index contributed by atoms with van der Waals surface area (Å²) in [7, 11) is 0. The molecule has 4 bridgehead atoms. The first-order chi connectivity index (χ1) is 13.3. The number of furan rings is 1. The maximum Gasteiger partial charge on any atom is 0.313 e. The fraction of sp³-hybridized carbons (Fsp3) is 0.545. The molecule has 1 fully saturated rings. The molecule has 1 unspecified atom stereocenters. The van der Waals surface area contributed by atoms with Crippen LogP contribution in [0.4, 0.5) is 0 Å². The van der Waals surface area contributed by atoms with Crippen molar-refractivity contribution in [3.63, 3.8) is 0 Å². The molecular formula is C22H28O6. The molecule has 0 aliphatic carbocycles. The van der Waals surface area contributed by atoms with Crippen LogP contribution in [0.25, 0.3) is 6.08 Å². The van der Waals surface area contributed by atoms with Gasteiger partial charge in [-0.1, -0.05) is 17.7 Å². The van der Waals surface area contributed by atoms with E-state index in [1.807, 2.05) is 26.0 Å². The normalized spacial score (nSPS) is 29.6. The van der Waals surface area contributed by atoms with Crippen LogP contribution >= 0.6 is 0 Å². The maximum atomic E-state index is 12.5. The summed E-state index contributed by atoms with van der Waals surface area (Å²) in [6.07, 6.45) is 3.17. The first-order valence-corrected chi connectivity index (χ1v) is 9.69. The molecule has 0 radical (unpaired) electrons. The van der Waals surface area contributed by atoms with Gasteiger partial charge in [0.15, 0.2) is 0 Å². The van der Waals surface area contributed by atoms with Gasteiger partial charge >= 0.3 is 11.9 Å². The molecule has 1 aromatic rings. The highest BCUT2D eigenvalue weighted by Crippen LogP contribution is 2.36. The molecule has 0 amide bonds. The average molecular weight is 388 g/mol. The van der Waals surface area contributed by atoms with Gasteiger partial charge in [0.2, 0.25) is 0 Å². The Balaban J connectivity index is 2.01. The minimum Gasteiger partial charge on any atom is -0.462 e. The minimum absolute atomic E-state index is 0.0636. The van der Waals surface area contributed by atoms with Gasteiger partial charge in [-0.05, 0) is 38.3 Å². The second kappa shape index (κ2) is 8.35. The van der Waals surface area contributed by atoms with E-state index in [1.54, 1.807) is 0 Å². The van der Waals surface area contributed by atoms with Crippen LogP contribution in [0.15, 0.2) is 28.2 Å². The molecule has 0 saturated carbocycles. The topological polar surface area (TPSA) is 86.0 Å². The third kappa shape index (κ3) is 4.55. The fourth-order valence-corrected chi connectivity index (χ4v) is 4.11. The molecule has 6 nitrogen and oxygen atoms in total. The van der Waals surface area contributed by atoms with Gasteiger partial charge in [-0.25, -0.2) is 0 Å². The van der Waals surface area contributed by atoms with Crippen molar-refractivity contribution in [2.24, 2.45) is 11.8 Å². The largest absolute Gasteiger partial charge is 0.462 e. The Morgan fingerprint density at radius 2 is 2.07 bits per heavy atom. The monoisotopic (exact) mass is 388 g/mol. The third-order valence-electron chi connectivity index (χ3n) is 5.54. The van der Waals surface area contributed by atoms with Crippen molar-refractivity contribution < 1.29 is 28.6 Å². The zero-order chi connectivity index (χ0) is 20.4.